The molecule has 0 amide bonds. The summed E-state index contributed by atoms with van der Waals surface area (Å²) in [5.74, 6) is 1.21. The molecule has 0 bridgehead atoms. The van der Waals surface area contributed by atoms with E-state index in [1.807, 2.05) is 13.0 Å². The summed E-state index contributed by atoms with van der Waals surface area (Å²) in [5.41, 5.74) is 9.52. The highest BCUT2D eigenvalue weighted by Gasteiger charge is 2.11. The van der Waals surface area contributed by atoms with Crippen LogP contribution in [0, 0.1) is 6.92 Å². The van der Waals surface area contributed by atoms with Crippen molar-refractivity contribution >= 4 is 11.6 Å². The lowest BCUT2D eigenvalue weighted by atomic mass is 10.0. The molecule has 0 saturated carbocycles. The Labute approximate surface area is 117 Å². The SMILES string of the molecule is Cc1nc2ncnn2c(N)c1CCCc1ccccc1. The molecule has 0 saturated heterocycles. The highest BCUT2D eigenvalue weighted by molar-refractivity contribution is 5.49. The smallest absolute Gasteiger partial charge is 0.254 e. The van der Waals surface area contributed by atoms with Gasteiger partial charge in [-0.2, -0.15) is 14.6 Å². The summed E-state index contributed by atoms with van der Waals surface area (Å²) in [6.45, 7) is 1.98. The van der Waals surface area contributed by atoms with Crippen LogP contribution >= 0.6 is 0 Å². The Kier molecular flexibility index (Phi) is 3.33. The summed E-state index contributed by atoms with van der Waals surface area (Å²) in [5, 5.41) is 4.10. The number of hydrogen-bond donors (Lipinski definition) is 1. The highest BCUT2D eigenvalue weighted by atomic mass is 15.3. The van der Waals surface area contributed by atoms with Crippen LogP contribution < -0.4 is 5.73 Å². The highest BCUT2D eigenvalue weighted by Crippen LogP contribution is 2.18. The van der Waals surface area contributed by atoms with E-state index in [4.69, 9.17) is 5.73 Å². The van der Waals surface area contributed by atoms with Gasteiger partial charge in [-0.25, -0.2) is 4.98 Å². The zero-order valence-electron chi connectivity index (χ0n) is 11.5. The van der Waals surface area contributed by atoms with Gasteiger partial charge in [0.2, 0.25) is 0 Å². The summed E-state index contributed by atoms with van der Waals surface area (Å²) >= 11 is 0. The Hall–Kier alpha value is -2.43. The van der Waals surface area contributed by atoms with Gasteiger partial charge in [0.05, 0.1) is 0 Å². The quantitative estimate of drug-likeness (QED) is 0.786. The number of aromatic nitrogens is 4. The van der Waals surface area contributed by atoms with Crippen LogP contribution in [0.2, 0.25) is 0 Å². The third-order valence-electron chi connectivity index (χ3n) is 3.51. The van der Waals surface area contributed by atoms with Gasteiger partial charge in [0.15, 0.2) is 0 Å². The molecule has 5 heteroatoms. The summed E-state index contributed by atoms with van der Waals surface area (Å²) in [4.78, 5) is 8.50. The second-order valence-electron chi connectivity index (χ2n) is 4.87. The molecule has 5 nitrogen and oxygen atoms in total. The van der Waals surface area contributed by atoms with Crippen molar-refractivity contribution in [2.24, 2.45) is 0 Å². The summed E-state index contributed by atoms with van der Waals surface area (Å²) in [6, 6.07) is 10.5. The van der Waals surface area contributed by atoms with E-state index < -0.39 is 0 Å². The molecule has 0 aliphatic carbocycles. The molecule has 2 aromatic heterocycles. The first-order valence-corrected chi connectivity index (χ1v) is 6.74. The molecular weight excluding hydrogens is 250 g/mol. The van der Waals surface area contributed by atoms with E-state index in [0.29, 0.717) is 11.6 Å². The van der Waals surface area contributed by atoms with Crippen molar-refractivity contribution in [2.45, 2.75) is 26.2 Å². The third kappa shape index (κ3) is 2.34. The maximum absolute atomic E-state index is 6.16. The first-order chi connectivity index (χ1) is 9.75. The minimum absolute atomic E-state index is 0.562. The molecule has 1 aromatic carbocycles. The number of nitrogens with zero attached hydrogens (tertiary/aromatic N) is 4. The maximum Gasteiger partial charge on any atom is 0.254 e. The van der Waals surface area contributed by atoms with Crippen LogP contribution in [0.4, 0.5) is 5.82 Å². The third-order valence-corrected chi connectivity index (χ3v) is 3.51. The second kappa shape index (κ2) is 5.28. The van der Waals surface area contributed by atoms with E-state index in [1.165, 1.54) is 11.9 Å². The number of benzene rings is 1. The Morgan fingerprint density at radius 3 is 2.75 bits per heavy atom. The predicted molar refractivity (Wildman–Crippen MR) is 78.4 cm³/mol. The fourth-order valence-corrected chi connectivity index (χ4v) is 2.44. The molecular formula is C15H17N5. The van der Waals surface area contributed by atoms with Crippen LogP contribution in [0.5, 0.6) is 0 Å². The zero-order valence-corrected chi connectivity index (χ0v) is 11.5. The summed E-state index contributed by atoms with van der Waals surface area (Å²) in [6.07, 6.45) is 4.45. The molecule has 0 aliphatic rings. The largest absolute Gasteiger partial charge is 0.383 e. The Bertz CT molecular complexity index is 718. The first kappa shape index (κ1) is 12.6. The fraction of sp³-hybridized carbons (Fsp3) is 0.267. The van der Waals surface area contributed by atoms with Crippen LogP contribution in [-0.4, -0.2) is 19.6 Å². The van der Waals surface area contributed by atoms with Gasteiger partial charge in [0.25, 0.3) is 5.78 Å². The average molecular weight is 267 g/mol. The fourth-order valence-electron chi connectivity index (χ4n) is 2.44. The molecule has 0 radical (unpaired) electrons. The van der Waals surface area contributed by atoms with Crippen LogP contribution in [0.15, 0.2) is 36.7 Å². The van der Waals surface area contributed by atoms with Crippen molar-refractivity contribution in [2.75, 3.05) is 5.73 Å². The van der Waals surface area contributed by atoms with Crippen molar-refractivity contribution in [1.29, 1.82) is 0 Å². The molecule has 0 atom stereocenters. The predicted octanol–water partition coefficient (Wildman–Crippen LogP) is 2.19. The first-order valence-electron chi connectivity index (χ1n) is 6.74. The number of fused-ring (bicyclic) bond motifs is 1. The minimum atomic E-state index is 0.562. The number of nitrogen functional groups attached to an aromatic ring is 1. The molecule has 20 heavy (non-hydrogen) atoms. The van der Waals surface area contributed by atoms with Crippen LogP contribution in [0.1, 0.15) is 23.2 Å². The van der Waals surface area contributed by atoms with Crippen LogP contribution in [0.3, 0.4) is 0 Å². The van der Waals surface area contributed by atoms with Gasteiger partial charge in [-0.15, -0.1) is 0 Å². The molecule has 0 spiro atoms. The molecule has 102 valence electrons. The van der Waals surface area contributed by atoms with Crippen LogP contribution in [0.25, 0.3) is 5.78 Å². The molecule has 3 rings (SSSR count). The molecule has 0 aliphatic heterocycles. The molecule has 2 N–H and O–H groups in total. The lowest BCUT2D eigenvalue weighted by Crippen LogP contribution is -2.08. The van der Waals surface area contributed by atoms with E-state index in [-0.39, 0.29) is 0 Å². The van der Waals surface area contributed by atoms with Gasteiger partial charge in [0, 0.05) is 11.3 Å². The summed E-state index contributed by atoms with van der Waals surface area (Å²) < 4.78 is 1.60. The van der Waals surface area contributed by atoms with Gasteiger partial charge in [-0.1, -0.05) is 30.3 Å². The Morgan fingerprint density at radius 2 is 1.95 bits per heavy atom. The van der Waals surface area contributed by atoms with E-state index in [1.54, 1.807) is 4.52 Å². The second-order valence-corrected chi connectivity index (χ2v) is 4.87. The van der Waals surface area contributed by atoms with Gasteiger partial charge in [-0.3, -0.25) is 0 Å². The van der Waals surface area contributed by atoms with Gasteiger partial charge >= 0.3 is 0 Å². The van der Waals surface area contributed by atoms with Crippen molar-refractivity contribution in [1.82, 2.24) is 19.6 Å². The lowest BCUT2D eigenvalue weighted by molar-refractivity contribution is 0.797. The van der Waals surface area contributed by atoms with E-state index >= 15 is 0 Å². The number of rotatable bonds is 4. The molecule has 0 unspecified atom stereocenters. The van der Waals surface area contributed by atoms with Gasteiger partial charge in [-0.05, 0) is 31.7 Å². The molecule has 2 heterocycles. The van der Waals surface area contributed by atoms with Crippen molar-refractivity contribution in [3.63, 3.8) is 0 Å². The topological polar surface area (TPSA) is 69.1 Å². The maximum atomic E-state index is 6.16. The number of anilines is 1. The normalized spacial score (nSPS) is 11.1. The Balaban J connectivity index is 1.77. The monoisotopic (exact) mass is 267 g/mol. The average Bonchev–Trinajstić information content (AvgIpc) is 2.92. The van der Waals surface area contributed by atoms with Crippen molar-refractivity contribution in [3.05, 3.63) is 53.5 Å². The lowest BCUT2D eigenvalue weighted by Gasteiger charge is -2.09. The van der Waals surface area contributed by atoms with Crippen LogP contribution in [-0.2, 0) is 12.8 Å². The van der Waals surface area contributed by atoms with Crippen molar-refractivity contribution in [3.8, 4) is 0 Å². The summed E-state index contributed by atoms with van der Waals surface area (Å²) in [7, 11) is 0. The number of nitrogens with two attached hydrogens (primary N) is 1. The van der Waals surface area contributed by atoms with E-state index in [9.17, 15) is 0 Å². The zero-order chi connectivity index (χ0) is 13.9. The van der Waals surface area contributed by atoms with Gasteiger partial charge < -0.3 is 5.73 Å². The number of aryl methyl sites for hydroxylation is 2. The standard InChI is InChI=1S/C15H17N5/c1-11-13(9-5-8-12-6-3-2-4-7-12)14(16)20-15(19-11)17-10-18-20/h2-4,6-7,10H,5,8-9,16H2,1H3. The number of hydrogen-bond acceptors (Lipinski definition) is 4. The van der Waals surface area contributed by atoms with Gasteiger partial charge in [0.1, 0.15) is 12.1 Å². The molecule has 0 fully saturated rings. The van der Waals surface area contributed by atoms with Crippen molar-refractivity contribution < 1.29 is 0 Å². The molecule has 3 aromatic rings. The van der Waals surface area contributed by atoms with E-state index in [0.717, 1.165) is 30.5 Å². The minimum Gasteiger partial charge on any atom is -0.383 e. The van der Waals surface area contributed by atoms with E-state index in [2.05, 4.69) is 39.3 Å². The Morgan fingerprint density at radius 1 is 1.15 bits per heavy atom.